The van der Waals surface area contributed by atoms with E-state index < -0.39 is 0 Å². The first kappa shape index (κ1) is 17.7. The second-order valence-electron chi connectivity index (χ2n) is 6.37. The molecule has 1 unspecified atom stereocenters. The van der Waals surface area contributed by atoms with Crippen molar-refractivity contribution in [2.75, 3.05) is 6.54 Å². The van der Waals surface area contributed by atoms with E-state index in [1.54, 1.807) is 0 Å². The lowest BCUT2D eigenvalue weighted by Gasteiger charge is -2.25. The van der Waals surface area contributed by atoms with E-state index in [-0.39, 0.29) is 17.5 Å². The van der Waals surface area contributed by atoms with Gasteiger partial charge in [-0.3, -0.25) is 9.59 Å². The number of rotatable bonds is 5. The molecule has 0 aliphatic carbocycles. The van der Waals surface area contributed by atoms with Crippen molar-refractivity contribution in [3.63, 3.8) is 0 Å². The fourth-order valence-electron chi connectivity index (χ4n) is 3.32. The topological polar surface area (TPSA) is 55.2 Å². The average Bonchev–Trinajstić information content (AvgIpc) is 3.06. The second-order valence-corrected chi connectivity index (χ2v) is 6.78. The highest BCUT2D eigenvalue weighted by atomic mass is 35.5. The number of benzene rings is 1. The largest absolute Gasteiger partial charge is 0.334 e. The first-order valence-electron chi connectivity index (χ1n) is 8.72. The van der Waals surface area contributed by atoms with Crippen LogP contribution in [0.4, 0.5) is 0 Å². The summed E-state index contributed by atoms with van der Waals surface area (Å²) in [5.74, 6) is -0.112. The Labute approximate surface area is 152 Å². The normalized spacial score (nSPS) is 17.0. The van der Waals surface area contributed by atoms with Gasteiger partial charge in [0.2, 0.25) is 0 Å². The minimum Gasteiger partial charge on any atom is -0.334 e. The first-order chi connectivity index (χ1) is 12.1. The number of hydrogen-bond donors (Lipinski definition) is 0. The van der Waals surface area contributed by atoms with E-state index in [1.165, 1.54) is 16.8 Å². The zero-order valence-corrected chi connectivity index (χ0v) is 15.1. The molecule has 2 heterocycles. The van der Waals surface area contributed by atoms with Gasteiger partial charge in [-0.1, -0.05) is 36.7 Å². The Hall–Kier alpha value is -2.14. The lowest BCUT2D eigenvalue weighted by atomic mass is 10.0. The number of amides is 1. The van der Waals surface area contributed by atoms with E-state index in [0.29, 0.717) is 18.8 Å². The average molecular weight is 360 g/mol. The van der Waals surface area contributed by atoms with Crippen molar-refractivity contribution >= 4 is 17.5 Å². The van der Waals surface area contributed by atoms with Crippen molar-refractivity contribution in [2.24, 2.45) is 0 Å². The van der Waals surface area contributed by atoms with Crippen LogP contribution in [0.1, 0.15) is 42.2 Å². The van der Waals surface area contributed by atoms with Crippen molar-refractivity contribution in [2.45, 2.75) is 45.2 Å². The number of halogens is 1. The van der Waals surface area contributed by atoms with Crippen molar-refractivity contribution in [3.05, 3.63) is 63.0 Å². The minimum atomic E-state index is -0.174. The van der Waals surface area contributed by atoms with Crippen molar-refractivity contribution in [1.29, 1.82) is 0 Å². The van der Waals surface area contributed by atoms with Gasteiger partial charge in [-0.15, -0.1) is 0 Å². The van der Waals surface area contributed by atoms with Gasteiger partial charge in [-0.25, -0.2) is 4.68 Å². The Morgan fingerprint density at radius 3 is 2.84 bits per heavy atom. The lowest BCUT2D eigenvalue weighted by molar-refractivity contribution is 0.0727. The Morgan fingerprint density at radius 2 is 2.08 bits per heavy atom. The van der Waals surface area contributed by atoms with Crippen LogP contribution in [0.5, 0.6) is 0 Å². The zero-order chi connectivity index (χ0) is 17.8. The predicted octanol–water partition coefficient (Wildman–Crippen LogP) is 3.15. The second kappa shape index (κ2) is 7.83. The zero-order valence-electron chi connectivity index (χ0n) is 14.3. The Morgan fingerprint density at radius 1 is 1.28 bits per heavy atom. The molecule has 1 saturated heterocycles. The first-order valence-corrected chi connectivity index (χ1v) is 9.10. The molecule has 1 amide bonds. The highest BCUT2D eigenvalue weighted by Crippen LogP contribution is 2.25. The summed E-state index contributed by atoms with van der Waals surface area (Å²) in [4.78, 5) is 26.6. The summed E-state index contributed by atoms with van der Waals surface area (Å²) in [6.45, 7) is 3.20. The number of hydrogen-bond acceptors (Lipinski definition) is 3. The minimum absolute atomic E-state index is 0.112. The molecule has 2 aromatic rings. The Balaban J connectivity index is 1.80. The quantitative estimate of drug-likeness (QED) is 0.824. The van der Waals surface area contributed by atoms with E-state index in [4.69, 9.17) is 11.6 Å². The third-order valence-corrected chi connectivity index (χ3v) is 4.94. The summed E-state index contributed by atoms with van der Waals surface area (Å²) in [7, 11) is 0. The van der Waals surface area contributed by atoms with Crippen LogP contribution in [0.15, 0.2) is 41.2 Å². The van der Waals surface area contributed by atoms with E-state index >= 15 is 0 Å². The van der Waals surface area contributed by atoms with Gasteiger partial charge in [0, 0.05) is 30.2 Å². The SMILES string of the molecule is CCCn1nc(C(=O)N2CCCC2Cc2ccccc2Cl)ccc1=O. The number of carbonyl (C=O) groups is 1. The molecule has 0 radical (unpaired) electrons. The Bertz CT molecular complexity index is 818. The van der Waals surface area contributed by atoms with Gasteiger partial charge in [0.1, 0.15) is 5.69 Å². The van der Waals surface area contributed by atoms with Crippen LogP contribution >= 0.6 is 11.6 Å². The number of nitrogens with zero attached hydrogens (tertiary/aromatic N) is 3. The molecule has 5 nitrogen and oxygen atoms in total. The monoisotopic (exact) mass is 359 g/mol. The Kier molecular flexibility index (Phi) is 5.53. The van der Waals surface area contributed by atoms with Crippen molar-refractivity contribution in [1.82, 2.24) is 14.7 Å². The smallest absolute Gasteiger partial charge is 0.274 e. The van der Waals surface area contributed by atoms with Gasteiger partial charge < -0.3 is 4.90 Å². The fraction of sp³-hybridized carbons (Fsp3) is 0.421. The molecule has 1 aliphatic heterocycles. The molecule has 0 N–H and O–H groups in total. The summed E-state index contributed by atoms with van der Waals surface area (Å²) in [6, 6.07) is 10.8. The van der Waals surface area contributed by atoms with E-state index in [0.717, 1.165) is 36.3 Å². The van der Waals surface area contributed by atoms with Crippen molar-refractivity contribution < 1.29 is 4.79 Å². The summed E-state index contributed by atoms with van der Waals surface area (Å²) < 4.78 is 1.37. The maximum Gasteiger partial charge on any atom is 0.274 e. The number of aromatic nitrogens is 2. The molecule has 3 rings (SSSR count). The molecule has 0 bridgehead atoms. The van der Waals surface area contributed by atoms with Crippen LogP contribution in [0.2, 0.25) is 5.02 Å². The summed E-state index contributed by atoms with van der Waals surface area (Å²) in [5.41, 5.74) is 1.21. The van der Waals surface area contributed by atoms with Crippen LogP contribution in [-0.2, 0) is 13.0 Å². The molecule has 1 aromatic carbocycles. The predicted molar refractivity (Wildman–Crippen MR) is 98.0 cm³/mol. The standard InChI is InChI=1S/C19H22ClN3O2/c1-2-11-23-18(24)10-9-17(21-23)19(25)22-12-5-7-15(22)13-14-6-3-4-8-16(14)20/h3-4,6,8-10,15H,2,5,7,11-13H2,1H3. The molecule has 1 atom stereocenters. The van der Waals surface area contributed by atoms with Crippen LogP contribution in [0.25, 0.3) is 0 Å². The third-order valence-electron chi connectivity index (χ3n) is 4.57. The summed E-state index contributed by atoms with van der Waals surface area (Å²) in [6.07, 6.45) is 3.45. The molecular formula is C19H22ClN3O2. The van der Waals surface area contributed by atoms with Gasteiger partial charge in [0.05, 0.1) is 0 Å². The van der Waals surface area contributed by atoms with Gasteiger partial charge in [0.15, 0.2) is 0 Å². The lowest BCUT2D eigenvalue weighted by Crippen LogP contribution is -2.38. The molecule has 132 valence electrons. The number of likely N-dealkylation sites (tertiary alicyclic amines) is 1. The molecule has 25 heavy (non-hydrogen) atoms. The van der Waals surface area contributed by atoms with E-state index in [9.17, 15) is 9.59 Å². The number of carbonyl (C=O) groups excluding carboxylic acids is 1. The molecule has 1 aliphatic rings. The third kappa shape index (κ3) is 3.93. The molecule has 1 fully saturated rings. The van der Waals surface area contributed by atoms with E-state index in [1.807, 2.05) is 36.1 Å². The maximum absolute atomic E-state index is 12.9. The molecular weight excluding hydrogens is 338 g/mol. The molecule has 6 heteroatoms. The van der Waals surface area contributed by atoms with Crippen LogP contribution < -0.4 is 5.56 Å². The van der Waals surface area contributed by atoms with Crippen LogP contribution in [-0.4, -0.2) is 33.2 Å². The highest BCUT2D eigenvalue weighted by Gasteiger charge is 2.30. The molecule has 0 saturated carbocycles. The van der Waals surface area contributed by atoms with Crippen molar-refractivity contribution in [3.8, 4) is 0 Å². The van der Waals surface area contributed by atoms with Gasteiger partial charge >= 0.3 is 0 Å². The summed E-state index contributed by atoms with van der Waals surface area (Å²) >= 11 is 6.27. The summed E-state index contributed by atoms with van der Waals surface area (Å²) in [5, 5.41) is 4.99. The fourth-order valence-corrected chi connectivity index (χ4v) is 3.53. The maximum atomic E-state index is 12.9. The van der Waals surface area contributed by atoms with Crippen LogP contribution in [0, 0.1) is 0 Å². The highest BCUT2D eigenvalue weighted by molar-refractivity contribution is 6.31. The van der Waals surface area contributed by atoms with Gasteiger partial charge in [-0.05, 0) is 43.4 Å². The van der Waals surface area contributed by atoms with Gasteiger partial charge in [-0.2, -0.15) is 5.10 Å². The van der Waals surface area contributed by atoms with Crippen LogP contribution in [0.3, 0.4) is 0 Å². The number of aryl methyl sites for hydroxylation is 1. The molecule has 1 aromatic heterocycles. The van der Waals surface area contributed by atoms with Gasteiger partial charge in [0.25, 0.3) is 11.5 Å². The molecule has 0 spiro atoms. The van der Waals surface area contributed by atoms with E-state index in [2.05, 4.69) is 5.10 Å².